The van der Waals surface area contributed by atoms with E-state index >= 15 is 0 Å². The van der Waals surface area contributed by atoms with Gasteiger partial charge in [0.15, 0.2) is 0 Å². The van der Waals surface area contributed by atoms with Gasteiger partial charge in [0.25, 0.3) is 0 Å². The van der Waals surface area contributed by atoms with E-state index in [1.807, 2.05) is 28.9 Å². The van der Waals surface area contributed by atoms with Crippen molar-refractivity contribution < 1.29 is 27.9 Å². The number of carbonyl (C=O) groups excluding carboxylic acids is 1. The Hall–Kier alpha value is -2.40. The third kappa shape index (κ3) is 6.56. The Morgan fingerprint density at radius 1 is 1.33 bits per heavy atom. The molecule has 0 radical (unpaired) electrons. The van der Waals surface area contributed by atoms with Crippen LogP contribution in [0, 0.1) is 0 Å². The van der Waals surface area contributed by atoms with Gasteiger partial charge in [0.2, 0.25) is 5.91 Å². The molecule has 1 amide bonds. The second-order valence-electron chi connectivity index (χ2n) is 6.82. The summed E-state index contributed by atoms with van der Waals surface area (Å²) in [5.74, 6) is -2.55. The zero-order valence-corrected chi connectivity index (χ0v) is 17.6. The predicted molar refractivity (Wildman–Crippen MR) is 106 cm³/mol. The van der Waals surface area contributed by atoms with Crippen molar-refractivity contribution in [3.63, 3.8) is 0 Å². The van der Waals surface area contributed by atoms with Crippen molar-refractivity contribution >= 4 is 23.2 Å². The number of likely N-dealkylation sites (N-methyl/N-ethyl adjacent to an activating group) is 1. The first-order valence-corrected chi connectivity index (χ1v) is 10.4. The summed E-state index contributed by atoms with van der Waals surface area (Å²) in [6.07, 6.45) is -0.793. The molecular formula is C19H25F3N4O3S. The van der Waals surface area contributed by atoms with Gasteiger partial charge < -0.3 is 19.5 Å². The highest BCUT2D eigenvalue weighted by molar-refractivity contribution is 7.08. The highest BCUT2D eigenvalue weighted by atomic mass is 32.1. The summed E-state index contributed by atoms with van der Waals surface area (Å²) in [7, 11) is 0. The fraction of sp³-hybridized carbons (Fsp3) is 0.526. The lowest BCUT2D eigenvalue weighted by molar-refractivity contribution is -0.192. The minimum Gasteiger partial charge on any atom is -0.475 e. The quantitative estimate of drug-likeness (QED) is 0.738. The van der Waals surface area contributed by atoms with E-state index in [4.69, 9.17) is 9.90 Å². The van der Waals surface area contributed by atoms with Gasteiger partial charge in [-0.3, -0.25) is 4.79 Å². The Morgan fingerprint density at radius 3 is 2.53 bits per heavy atom. The minimum atomic E-state index is -5.08. The van der Waals surface area contributed by atoms with Gasteiger partial charge in [-0.15, -0.1) is 0 Å². The number of alkyl halides is 3. The van der Waals surface area contributed by atoms with Gasteiger partial charge in [-0.1, -0.05) is 13.8 Å². The van der Waals surface area contributed by atoms with Crippen LogP contribution in [0.2, 0.25) is 0 Å². The van der Waals surface area contributed by atoms with Crippen molar-refractivity contribution in [2.75, 3.05) is 26.2 Å². The summed E-state index contributed by atoms with van der Waals surface area (Å²) in [4.78, 5) is 30.2. The number of carboxylic acids is 1. The number of thiophene rings is 1. The first-order chi connectivity index (χ1) is 14.2. The number of aromatic nitrogens is 2. The lowest BCUT2D eigenvalue weighted by atomic mass is 10.1. The molecule has 3 heterocycles. The van der Waals surface area contributed by atoms with E-state index in [9.17, 15) is 18.0 Å². The SMILES string of the molecule is CCN(CC)CC1CN(C(=O)Cc2ccsc2)Cc2cncn21.O=C(O)C(F)(F)F. The zero-order chi connectivity index (χ0) is 22.3. The number of rotatable bonds is 6. The number of aliphatic carboxylic acids is 1. The Balaban J connectivity index is 0.000000396. The maximum absolute atomic E-state index is 12.7. The van der Waals surface area contributed by atoms with Gasteiger partial charge in [-0.25, -0.2) is 9.78 Å². The van der Waals surface area contributed by atoms with Crippen LogP contribution >= 0.6 is 11.3 Å². The van der Waals surface area contributed by atoms with E-state index < -0.39 is 12.1 Å². The van der Waals surface area contributed by atoms with Gasteiger partial charge in [-0.05, 0) is 35.5 Å². The molecule has 11 heteroatoms. The van der Waals surface area contributed by atoms with E-state index in [-0.39, 0.29) is 11.9 Å². The summed E-state index contributed by atoms with van der Waals surface area (Å²) >= 11 is 1.64. The molecule has 30 heavy (non-hydrogen) atoms. The third-order valence-corrected chi connectivity index (χ3v) is 5.55. The van der Waals surface area contributed by atoms with E-state index in [2.05, 4.69) is 33.7 Å². The second kappa shape index (κ2) is 10.6. The molecule has 0 fully saturated rings. The molecule has 0 saturated heterocycles. The van der Waals surface area contributed by atoms with Gasteiger partial charge in [0.1, 0.15) is 0 Å². The fourth-order valence-corrected chi connectivity index (χ4v) is 3.85. The highest BCUT2D eigenvalue weighted by Crippen LogP contribution is 2.23. The molecule has 0 saturated carbocycles. The van der Waals surface area contributed by atoms with Crippen LogP contribution in [0.3, 0.4) is 0 Å². The minimum absolute atomic E-state index is 0.209. The molecule has 1 atom stereocenters. The van der Waals surface area contributed by atoms with Gasteiger partial charge in [-0.2, -0.15) is 24.5 Å². The first-order valence-electron chi connectivity index (χ1n) is 9.47. The second-order valence-corrected chi connectivity index (χ2v) is 7.60. The lowest BCUT2D eigenvalue weighted by Crippen LogP contribution is -2.45. The van der Waals surface area contributed by atoms with Crippen LogP contribution in [0.5, 0.6) is 0 Å². The molecule has 1 aliphatic heterocycles. The molecule has 166 valence electrons. The molecular weight excluding hydrogens is 421 g/mol. The van der Waals surface area contributed by atoms with E-state index in [1.54, 1.807) is 11.3 Å². The van der Waals surface area contributed by atoms with Gasteiger partial charge in [0, 0.05) is 19.3 Å². The Kier molecular flexibility index (Phi) is 8.42. The molecule has 0 aromatic carbocycles. The normalized spacial score (nSPS) is 16.1. The molecule has 1 N–H and O–H groups in total. The van der Waals surface area contributed by atoms with Crippen LogP contribution in [0.25, 0.3) is 0 Å². The molecule has 7 nitrogen and oxygen atoms in total. The van der Waals surface area contributed by atoms with E-state index in [1.165, 1.54) is 0 Å². The number of hydrogen-bond donors (Lipinski definition) is 1. The Labute approximate surface area is 176 Å². The standard InChI is InChI=1S/C17H24N4OS.C2HF3O2/c1-3-19(4-2)9-16-11-20(10-15-8-18-13-21(15)16)17(22)7-14-5-6-23-12-14;3-2(4,5)1(6)7/h5-6,8,12-13,16H,3-4,7,9-11H2,1-2H3;(H,6,7). The topological polar surface area (TPSA) is 78.7 Å². The maximum atomic E-state index is 12.7. The molecule has 0 bridgehead atoms. The van der Waals surface area contributed by atoms with Gasteiger partial charge >= 0.3 is 12.1 Å². The van der Waals surface area contributed by atoms with Crippen molar-refractivity contribution in [1.29, 1.82) is 0 Å². The van der Waals surface area contributed by atoms with Crippen LogP contribution in [-0.4, -0.2) is 68.7 Å². The van der Waals surface area contributed by atoms with Crippen molar-refractivity contribution in [2.45, 2.75) is 39.0 Å². The Morgan fingerprint density at radius 2 is 2.00 bits per heavy atom. The number of carbonyl (C=O) groups is 2. The Bertz CT molecular complexity index is 819. The summed E-state index contributed by atoms with van der Waals surface area (Å²) in [6.45, 7) is 8.81. The van der Waals surface area contributed by atoms with Crippen molar-refractivity contribution in [3.05, 3.63) is 40.6 Å². The average Bonchev–Trinajstić information content (AvgIpc) is 3.37. The number of hydrogen-bond acceptors (Lipinski definition) is 5. The van der Waals surface area contributed by atoms with Gasteiger partial charge in [0.05, 0.1) is 31.0 Å². The molecule has 2 aromatic heterocycles. The van der Waals surface area contributed by atoms with Crippen molar-refractivity contribution in [2.24, 2.45) is 0 Å². The largest absolute Gasteiger partial charge is 0.490 e. The number of fused-ring (bicyclic) bond motifs is 1. The molecule has 0 spiro atoms. The average molecular weight is 446 g/mol. The number of imidazole rings is 1. The predicted octanol–water partition coefficient (Wildman–Crippen LogP) is 3.05. The first kappa shape index (κ1) is 23.9. The smallest absolute Gasteiger partial charge is 0.475 e. The lowest BCUT2D eigenvalue weighted by Gasteiger charge is -2.36. The van der Waals surface area contributed by atoms with Crippen LogP contribution in [-0.2, 0) is 22.6 Å². The molecule has 3 rings (SSSR count). The van der Waals surface area contributed by atoms with Crippen molar-refractivity contribution in [1.82, 2.24) is 19.4 Å². The summed E-state index contributed by atoms with van der Waals surface area (Å²) in [5.41, 5.74) is 2.24. The fourth-order valence-electron chi connectivity index (χ4n) is 3.18. The number of nitrogens with zero attached hydrogens (tertiary/aromatic N) is 4. The number of halogens is 3. The van der Waals surface area contributed by atoms with E-state index in [0.29, 0.717) is 13.0 Å². The molecule has 1 aliphatic rings. The third-order valence-electron chi connectivity index (χ3n) is 4.82. The number of carboxylic acid groups (broad SMARTS) is 1. The molecule has 1 unspecified atom stereocenters. The monoisotopic (exact) mass is 446 g/mol. The summed E-state index contributed by atoms with van der Waals surface area (Å²) in [5, 5.41) is 11.2. The molecule has 0 aliphatic carbocycles. The number of amides is 1. The van der Waals surface area contributed by atoms with Crippen LogP contribution in [0.4, 0.5) is 13.2 Å². The molecule has 2 aromatic rings. The van der Waals surface area contributed by atoms with Crippen LogP contribution < -0.4 is 0 Å². The maximum Gasteiger partial charge on any atom is 0.490 e. The van der Waals surface area contributed by atoms with Crippen molar-refractivity contribution in [3.8, 4) is 0 Å². The summed E-state index contributed by atoms with van der Waals surface area (Å²) in [6, 6.07) is 2.32. The summed E-state index contributed by atoms with van der Waals surface area (Å²) < 4.78 is 34.0. The van der Waals surface area contributed by atoms with Crippen LogP contribution in [0.1, 0.15) is 31.1 Å². The highest BCUT2D eigenvalue weighted by Gasteiger charge is 2.38. The van der Waals surface area contributed by atoms with E-state index in [0.717, 1.165) is 37.4 Å². The van der Waals surface area contributed by atoms with Crippen LogP contribution in [0.15, 0.2) is 29.4 Å². The zero-order valence-electron chi connectivity index (χ0n) is 16.8.